The molecule has 16 nitrogen and oxygen atoms in total. The molecule has 8 bridgehead atoms. The van der Waals surface area contributed by atoms with Gasteiger partial charge in [0.1, 0.15) is 69.0 Å². The van der Waals surface area contributed by atoms with E-state index >= 15 is 0 Å². The van der Waals surface area contributed by atoms with E-state index in [4.69, 9.17) is 52.9 Å². The maximum atomic E-state index is 12.5. The van der Waals surface area contributed by atoms with Gasteiger partial charge in [0.2, 0.25) is 0 Å². The number of aromatic hydroxyl groups is 4. The van der Waals surface area contributed by atoms with E-state index in [1.807, 2.05) is 30.3 Å². The molecule has 80 heavy (non-hydrogen) atoms. The second kappa shape index (κ2) is 24.7. The Balaban J connectivity index is 1.25. The number of fused-ring (bicyclic) bond motifs is 8. The quantitative estimate of drug-likeness (QED) is 0.0426. The number of hydrogen-bond acceptors (Lipinski definition) is 16. The number of phenolic OH excluding ortho intramolecular Hbond substituents is 4. The van der Waals surface area contributed by atoms with Crippen molar-refractivity contribution in [2.45, 2.75) is 32.2 Å². The number of phenols is 4. The molecule has 0 radical (unpaired) electrons. The van der Waals surface area contributed by atoms with Crippen molar-refractivity contribution in [3.63, 3.8) is 0 Å². The Morgan fingerprint density at radius 3 is 0.912 bits per heavy atom. The van der Waals surface area contributed by atoms with Crippen LogP contribution in [0.15, 0.2) is 136 Å². The minimum absolute atomic E-state index is 0.000479. The summed E-state index contributed by atoms with van der Waals surface area (Å²) < 4.78 is 44.8. The first-order chi connectivity index (χ1) is 38.8. The molecule has 8 aromatic rings. The van der Waals surface area contributed by atoms with Crippen molar-refractivity contribution in [1.29, 1.82) is 0 Å². The zero-order valence-electron chi connectivity index (χ0n) is 45.7. The topological polar surface area (TPSA) is 204 Å². The van der Waals surface area contributed by atoms with Crippen LogP contribution in [0.4, 0.5) is 22.7 Å². The van der Waals surface area contributed by atoms with Crippen LogP contribution in [0.3, 0.4) is 0 Å². The summed E-state index contributed by atoms with van der Waals surface area (Å²) in [5, 5.41) is 53.4. The number of methoxy groups -OCH3 is 8. The lowest BCUT2D eigenvalue weighted by Crippen LogP contribution is -2.05. The van der Waals surface area contributed by atoms with Crippen LogP contribution in [-0.4, -0.2) is 95.9 Å². The summed E-state index contributed by atoms with van der Waals surface area (Å²) in [4.78, 5) is 14.8. The largest absolute Gasteiger partial charge is 0.507 e. The Morgan fingerprint density at radius 2 is 0.625 bits per heavy atom. The van der Waals surface area contributed by atoms with E-state index in [0.717, 1.165) is 5.56 Å². The fraction of sp³-hybridized carbons (Fsp3) is 0.203. The second-order valence-corrected chi connectivity index (χ2v) is 18.8. The minimum atomic E-state index is -0.0757. The van der Waals surface area contributed by atoms with E-state index in [1.54, 1.807) is 167 Å². The Morgan fingerprint density at radius 1 is 0.350 bits per heavy atom. The molecular weight excluding hydrogens is 1020 g/mol. The molecule has 1 aliphatic rings. The first kappa shape index (κ1) is 54.9. The van der Waals surface area contributed by atoms with Gasteiger partial charge in [-0.15, -0.1) is 0 Å². The van der Waals surface area contributed by atoms with Gasteiger partial charge in [-0.3, -0.25) is 15.0 Å². The average Bonchev–Trinajstić information content (AvgIpc) is 3.53. The van der Waals surface area contributed by atoms with Gasteiger partial charge < -0.3 is 63.6 Å². The SMILES string of the molecule is COc1ccc(OC)c(/C=N/c2cc3c(O)c(c2)Cc2cc(/N=C/c4cc(OC)ccc4OC)cc(c2O)Cc2cc(NCc4cc(OC)ccc4OC)cc(c2O)Cc2cc(/N=C/c4cc(OC)ccc4OC)cc(c2O)C3)c1. The molecule has 16 heteroatoms. The fourth-order valence-corrected chi connectivity index (χ4v) is 9.68. The molecule has 0 spiro atoms. The van der Waals surface area contributed by atoms with Crippen LogP contribution in [0.25, 0.3) is 0 Å². The fourth-order valence-electron chi connectivity index (χ4n) is 9.68. The van der Waals surface area contributed by atoms with E-state index in [0.29, 0.717) is 136 Å². The van der Waals surface area contributed by atoms with Gasteiger partial charge in [-0.25, -0.2) is 0 Å². The van der Waals surface area contributed by atoms with Gasteiger partial charge in [-0.2, -0.15) is 0 Å². The molecule has 9 rings (SSSR count). The summed E-state index contributed by atoms with van der Waals surface area (Å²) in [6.07, 6.45) is 5.01. The Kier molecular flexibility index (Phi) is 16.9. The highest BCUT2D eigenvalue weighted by Crippen LogP contribution is 2.43. The summed E-state index contributed by atoms with van der Waals surface area (Å²) in [6, 6.07) is 35.9. The van der Waals surface area contributed by atoms with Crippen LogP contribution in [0.1, 0.15) is 66.8 Å². The third-order valence-electron chi connectivity index (χ3n) is 13.9. The molecule has 0 heterocycles. The van der Waals surface area contributed by atoms with Crippen LogP contribution in [0, 0.1) is 0 Å². The number of rotatable bonds is 17. The van der Waals surface area contributed by atoms with Crippen LogP contribution in [0.2, 0.25) is 0 Å². The standard InChI is InChI=1S/C64H62N4O12/c1-73-53-9-13-57(77-5)45(29-53)33-65-49-21-37-17-39-23-50(66-34-46-30-54(74-2)10-14-58(46)78-6)25-41(62(39)70)19-43-27-52(68-36-48-32-56(76-4)12-16-60(48)80-8)28-44(64(43)72)20-42-26-51(24-40(63(42)71)18-38(22-49)61(37)69)67-35-47-31-55(75-3)11-15-59(47)79-7/h9-16,21-35,68-72H,17-20,36H2,1-8H3/b65-33+,66-34+,67-35+. The Hall–Kier alpha value is -9.83. The Labute approximate surface area is 464 Å². The zero-order chi connectivity index (χ0) is 56.5. The van der Waals surface area contributed by atoms with Crippen LogP contribution in [-0.2, 0) is 32.2 Å². The van der Waals surface area contributed by atoms with Crippen LogP contribution < -0.4 is 43.2 Å². The maximum absolute atomic E-state index is 12.5. The highest BCUT2D eigenvalue weighted by Gasteiger charge is 2.23. The normalized spacial score (nSPS) is 12.2. The lowest BCUT2D eigenvalue weighted by Gasteiger charge is -2.20. The molecule has 5 N–H and O–H groups in total. The molecule has 0 fully saturated rings. The molecule has 0 saturated heterocycles. The van der Waals surface area contributed by atoms with Gasteiger partial charge >= 0.3 is 0 Å². The van der Waals surface area contributed by atoms with Crippen molar-refractivity contribution in [2.75, 3.05) is 62.2 Å². The highest BCUT2D eigenvalue weighted by atomic mass is 16.5. The van der Waals surface area contributed by atoms with Gasteiger partial charge in [0, 0.05) is 123 Å². The van der Waals surface area contributed by atoms with Crippen molar-refractivity contribution in [3.05, 3.63) is 188 Å². The molecule has 0 aromatic heterocycles. The second-order valence-electron chi connectivity index (χ2n) is 18.8. The van der Waals surface area contributed by atoms with E-state index in [2.05, 4.69) is 5.32 Å². The van der Waals surface area contributed by atoms with Gasteiger partial charge in [-0.05, 0) is 121 Å². The molecule has 0 amide bonds. The summed E-state index contributed by atoms with van der Waals surface area (Å²) in [6.45, 7) is 0.311. The van der Waals surface area contributed by atoms with Crippen molar-refractivity contribution in [1.82, 2.24) is 0 Å². The van der Waals surface area contributed by atoms with Gasteiger partial charge in [0.05, 0.1) is 73.9 Å². The first-order valence-electron chi connectivity index (χ1n) is 25.5. The summed E-state index contributed by atoms with van der Waals surface area (Å²) >= 11 is 0. The number of nitrogens with one attached hydrogen (secondary N) is 1. The minimum Gasteiger partial charge on any atom is -0.507 e. The molecule has 0 unspecified atom stereocenters. The lowest BCUT2D eigenvalue weighted by atomic mass is 9.90. The van der Waals surface area contributed by atoms with E-state index < -0.39 is 0 Å². The molecule has 1 aliphatic carbocycles. The first-order valence-corrected chi connectivity index (χ1v) is 25.5. The third-order valence-corrected chi connectivity index (χ3v) is 13.9. The van der Waals surface area contributed by atoms with Crippen molar-refractivity contribution >= 4 is 41.4 Å². The third kappa shape index (κ3) is 12.3. The predicted octanol–water partition coefficient (Wildman–Crippen LogP) is 12.1. The number of hydrogen-bond donors (Lipinski definition) is 5. The average molecular weight is 1080 g/mol. The van der Waals surface area contributed by atoms with Crippen LogP contribution >= 0.6 is 0 Å². The molecule has 8 aromatic carbocycles. The zero-order valence-corrected chi connectivity index (χ0v) is 45.7. The molecular formula is C64H62N4O12. The smallest absolute Gasteiger partial charge is 0.127 e. The summed E-state index contributed by atoms with van der Waals surface area (Å²) in [5.41, 5.74) is 8.24. The number of aliphatic imine (C=N–C) groups is 3. The molecule has 0 saturated carbocycles. The molecule has 0 aliphatic heterocycles. The number of anilines is 1. The Bertz CT molecular complexity index is 3520. The number of benzene rings is 8. The van der Waals surface area contributed by atoms with Gasteiger partial charge in [0.15, 0.2) is 0 Å². The highest BCUT2D eigenvalue weighted by molar-refractivity contribution is 5.88. The van der Waals surface area contributed by atoms with Crippen molar-refractivity contribution in [3.8, 4) is 69.0 Å². The van der Waals surface area contributed by atoms with Crippen molar-refractivity contribution < 1.29 is 58.3 Å². The number of ether oxygens (including phenoxy) is 8. The lowest BCUT2D eigenvalue weighted by molar-refractivity contribution is 0.399. The summed E-state index contributed by atoms with van der Waals surface area (Å²) in [5.74, 6) is 4.55. The van der Waals surface area contributed by atoms with Crippen LogP contribution in [0.5, 0.6) is 69.0 Å². The monoisotopic (exact) mass is 1080 g/mol. The van der Waals surface area contributed by atoms with Crippen molar-refractivity contribution in [2.24, 2.45) is 15.0 Å². The maximum Gasteiger partial charge on any atom is 0.127 e. The van der Waals surface area contributed by atoms with Gasteiger partial charge in [-0.1, -0.05) is 0 Å². The van der Waals surface area contributed by atoms with E-state index in [9.17, 15) is 20.4 Å². The molecule has 0 atom stereocenters. The van der Waals surface area contributed by atoms with E-state index in [-0.39, 0.29) is 48.7 Å². The molecule has 410 valence electrons. The van der Waals surface area contributed by atoms with Gasteiger partial charge in [0.25, 0.3) is 0 Å². The predicted molar refractivity (Wildman–Crippen MR) is 311 cm³/mol. The summed E-state index contributed by atoms with van der Waals surface area (Å²) in [7, 11) is 12.7. The number of nitrogens with zero attached hydrogens (tertiary/aromatic N) is 3. The van der Waals surface area contributed by atoms with E-state index in [1.165, 1.54) is 0 Å².